The van der Waals surface area contributed by atoms with Crippen molar-refractivity contribution in [2.75, 3.05) is 11.5 Å². The number of nitrogen functional groups attached to an aromatic ring is 2. The SMILES string of the molecule is Nc1c(O)cccc1Oc1ccccc1-c1ccccc1Oc1cccc(O)c1N. The number of anilines is 2. The Hall–Kier alpha value is -4.32. The molecule has 6 heteroatoms. The minimum absolute atomic E-state index is 0.0481. The summed E-state index contributed by atoms with van der Waals surface area (Å²) in [6.07, 6.45) is 0. The van der Waals surface area contributed by atoms with Gasteiger partial charge in [-0.3, -0.25) is 0 Å². The van der Waals surface area contributed by atoms with E-state index in [0.29, 0.717) is 23.0 Å². The Bertz CT molecular complexity index is 1110. The zero-order chi connectivity index (χ0) is 21.1. The Morgan fingerprint density at radius 1 is 0.467 bits per heavy atom. The number of hydrogen-bond donors (Lipinski definition) is 4. The first-order chi connectivity index (χ1) is 14.5. The molecule has 0 aliphatic heterocycles. The van der Waals surface area contributed by atoms with Crippen molar-refractivity contribution in [1.29, 1.82) is 0 Å². The van der Waals surface area contributed by atoms with Crippen LogP contribution in [0.3, 0.4) is 0 Å². The molecule has 0 aliphatic rings. The summed E-state index contributed by atoms with van der Waals surface area (Å²) in [6, 6.07) is 24.5. The summed E-state index contributed by atoms with van der Waals surface area (Å²) >= 11 is 0. The monoisotopic (exact) mass is 400 g/mol. The van der Waals surface area contributed by atoms with Gasteiger partial charge >= 0.3 is 0 Å². The van der Waals surface area contributed by atoms with Gasteiger partial charge in [-0.2, -0.15) is 0 Å². The molecule has 0 radical (unpaired) electrons. The number of nitrogens with two attached hydrogens (primary N) is 2. The van der Waals surface area contributed by atoms with Gasteiger partial charge in [0.25, 0.3) is 0 Å². The molecule has 0 bridgehead atoms. The Balaban J connectivity index is 1.76. The molecule has 4 aromatic rings. The summed E-state index contributed by atoms with van der Waals surface area (Å²) in [6.45, 7) is 0. The van der Waals surface area contributed by atoms with Crippen molar-refractivity contribution in [3.05, 3.63) is 84.9 Å². The fourth-order valence-electron chi connectivity index (χ4n) is 3.04. The number of phenolic OH excluding ortho intramolecular Hbond substituents is 2. The van der Waals surface area contributed by atoms with E-state index in [0.717, 1.165) is 11.1 Å². The van der Waals surface area contributed by atoms with Gasteiger partial charge in [0.05, 0.1) is 0 Å². The number of rotatable bonds is 5. The lowest BCUT2D eigenvalue weighted by atomic mass is 10.0. The van der Waals surface area contributed by atoms with Gasteiger partial charge in [-0.25, -0.2) is 0 Å². The molecule has 0 amide bonds. The van der Waals surface area contributed by atoms with Gasteiger partial charge in [-0.1, -0.05) is 48.5 Å². The Morgan fingerprint density at radius 3 is 1.27 bits per heavy atom. The molecule has 0 spiro atoms. The molecule has 0 heterocycles. The summed E-state index contributed by atoms with van der Waals surface area (Å²) in [5, 5.41) is 19.7. The molecule has 4 aromatic carbocycles. The first-order valence-electron chi connectivity index (χ1n) is 9.23. The third-order valence-electron chi connectivity index (χ3n) is 4.59. The topological polar surface area (TPSA) is 111 Å². The van der Waals surface area contributed by atoms with E-state index in [9.17, 15) is 10.2 Å². The molecule has 0 unspecified atom stereocenters. The zero-order valence-corrected chi connectivity index (χ0v) is 15.9. The summed E-state index contributed by atoms with van der Waals surface area (Å²) < 4.78 is 12.0. The van der Waals surface area contributed by atoms with Crippen LogP contribution in [0.25, 0.3) is 11.1 Å². The fraction of sp³-hybridized carbons (Fsp3) is 0. The predicted octanol–water partition coefficient (Wildman–Crippen LogP) is 5.51. The molecule has 6 nitrogen and oxygen atoms in total. The van der Waals surface area contributed by atoms with Crippen molar-refractivity contribution in [3.63, 3.8) is 0 Å². The smallest absolute Gasteiger partial charge is 0.154 e. The molecule has 6 N–H and O–H groups in total. The maximum atomic E-state index is 9.86. The molecular formula is C24H20N2O4. The third kappa shape index (κ3) is 3.66. The quantitative estimate of drug-likeness (QED) is 0.259. The second kappa shape index (κ2) is 7.97. The molecule has 0 saturated carbocycles. The van der Waals surface area contributed by atoms with Gasteiger partial charge in [-0.15, -0.1) is 0 Å². The van der Waals surface area contributed by atoms with E-state index < -0.39 is 0 Å². The molecule has 0 fully saturated rings. The van der Waals surface area contributed by atoms with Gasteiger partial charge < -0.3 is 31.2 Å². The van der Waals surface area contributed by atoms with E-state index in [-0.39, 0.29) is 22.9 Å². The average molecular weight is 400 g/mol. The highest BCUT2D eigenvalue weighted by Crippen LogP contribution is 2.43. The lowest BCUT2D eigenvalue weighted by Gasteiger charge is -2.16. The number of benzene rings is 4. The van der Waals surface area contributed by atoms with Crippen LogP contribution >= 0.6 is 0 Å². The van der Waals surface area contributed by atoms with E-state index in [1.165, 1.54) is 12.1 Å². The fourth-order valence-corrected chi connectivity index (χ4v) is 3.04. The van der Waals surface area contributed by atoms with Crippen molar-refractivity contribution in [1.82, 2.24) is 0 Å². The number of aromatic hydroxyl groups is 2. The van der Waals surface area contributed by atoms with Gasteiger partial charge in [0.1, 0.15) is 34.4 Å². The van der Waals surface area contributed by atoms with E-state index in [4.69, 9.17) is 20.9 Å². The van der Waals surface area contributed by atoms with Crippen molar-refractivity contribution in [2.24, 2.45) is 0 Å². The Labute approximate surface area is 173 Å². The molecular weight excluding hydrogens is 380 g/mol. The second-order valence-electron chi connectivity index (χ2n) is 6.57. The number of para-hydroxylation sites is 4. The van der Waals surface area contributed by atoms with Crippen LogP contribution < -0.4 is 20.9 Å². The van der Waals surface area contributed by atoms with Gasteiger partial charge in [-0.05, 0) is 36.4 Å². The largest absolute Gasteiger partial charge is 0.506 e. The summed E-state index contributed by atoms with van der Waals surface area (Å²) in [4.78, 5) is 0. The number of phenols is 2. The normalized spacial score (nSPS) is 10.5. The predicted molar refractivity (Wildman–Crippen MR) is 117 cm³/mol. The van der Waals surface area contributed by atoms with Crippen LogP contribution in [0.15, 0.2) is 84.9 Å². The third-order valence-corrected chi connectivity index (χ3v) is 4.59. The average Bonchev–Trinajstić information content (AvgIpc) is 2.76. The van der Waals surface area contributed by atoms with Crippen molar-refractivity contribution in [2.45, 2.75) is 0 Å². The van der Waals surface area contributed by atoms with Crippen molar-refractivity contribution >= 4 is 11.4 Å². The number of hydrogen-bond acceptors (Lipinski definition) is 6. The van der Waals surface area contributed by atoms with Crippen LogP contribution in [-0.4, -0.2) is 10.2 Å². The summed E-state index contributed by atoms with van der Waals surface area (Å²) in [5.41, 5.74) is 13.7. The summed E-state index contributed by atoms with van der Waals surface area (Å²) in [7, 11) is 0. The Kier molecular flexibility index (Phi) is 5.05. The highest BCUT2D eigenvalue weighted by molar-refractivity contribution is 5.77. The van der Waals surface area contributed by atoms with E-state index in [1.807, 2.05) is 36.4 Å². The molecule has 150 valence electrons. The molecule has 0 saturated heterocycles. The van der Waals surface area contributed by atoms with E-state index in [1.54, 1.807) is 36.4 Å². The van der Waals surface area contributed by atoms with Crippen molar-refractivity contribution < 1.29 is 19.7 Å². The molecule has 0 atom stereocenters. The maximum absolute atomic E-state index is 9.86. The lowest BCUT2D eigenvalue weighted by Crippen LogP contribution is -1.96. The highest BCUT2D eigenvalue weighted by Gasteiger charge is 2.15. The molecule has 4 rings (SSSR count). The maximum Gasteiger partial charge on any atom is 0.154 e. The van der Waals surface area contributed by atoms with Crippen LogP contribution in [0.4, 0.5) is 11.4 Å². The van der Waals surface area contributed by atoms with Gasteiger partial charge in [0.15, 0.2) is 11.5 Å². The van der Waals surface area contributed by atoms with Crippen LogP contribution in [0.2, 0.25) is 0 Å². The zero-order valence-electron chi connectivity index (χ0n) is 15.9. The minimum Gasteiger partial charge on any atom is -0.506 e. The van der Waals surface area contributed by atoms with Crippen molar-refractivity contribution in [3.8, 4) is 45.6 Å². The van der Waals surface area contributed by atoms with Gasteiger partial charge in [0, 0.05) is 11.1 Å². The van der Waals surface area contributed by atoms with E-state index >= 15 is 0 Å². The van der Waals surface area contributed by atoms with Gasteiger partial charge in [0.2, 0.25) is 0 Å². The first kappa shape index (κ1) is 19.0. The standard InChI is InChI=1S/C24H20N2O4/c25-23-17(27)9-5-13-21(23)29-19-11-3-1-7-15(19)16-8-2-4-12-20(16)30-22-14-6-10-18(28)24(22)26/h1-14,27-28H,25-26H2. The molecule has 0 aliphatic carbocycles. The highest BCUT2D eigenvalue weighted by atomic mass is 16.5. The van der Waals surface area contributed by atoms with Crippen LogP contribution in [0, 0.1) is 0 Å². The van der Waals surface area contributed by atoms with E-state index in [2.05, 4.69) is 0 Å². The summed E-state index contributed by atoms with van der Waals surface area (Å²) in [5.74, 6) is 1.67. The second-order valence-corrected chi connectivity index (χ2v) is 6.57. The first-order valence-corrected chi connectivity index (χ1v) is 9.23. The number of ether oxygens (including phenoxy) is 2. The Morgan fingerprint density at radius 2 is 0.833 bits per heavy atom. The van der Waals surface area contributed by atoms with Crippen LogP contribution in [-0.2, 0) is 0 Å². The molecule has 30 heavy (non-hydrogen) atoms. The minimum atomic E-state index is -0.0481. The van der Waals surface area contributed by atoms with Crippen LogP contribution in [0.5, 0.6) is 34.5 Å². The lowest BCUT2D eigenvalue weighted by molar-refractivity contribution is 0.457. The van der Waals surface area contributed by atoms with Crippen LogP contribution in [0.1, 0.15) is 0 Å². The molecule has 0 aromatic heterocycles.